The van der Waals surface area contributed by atoms with Crippen LogP contribution in [0, 0.1) is 12.8 Å². The second-order valence-corrected chi connectivity index (χ2v) is 6.49. The summed E-state index contributed by atoms with van der Waals surface area (Å²) in [7, 11) is 0. The Balaban J connectivity index is 1.95. The largest absolute Gasteiger partial charge is 0.338 e. The van der Waals surface area contributed by atoms with Gasteiger partial charge in [-0.3, -0.25) is 9.59 Å². The number of aryl methyl sites for hydroxylation is 1. The first-order chi connectivity index (χ1) is 9.95. The van der Waals surface area contributed by atoms with Crippen LogP contribution in [0.2, 0.25) is 0 Å². The number of nitrogens with one attached hydrogen (secondary N) is 1. The SMILES string of the molecule is CC(C)=CC(=O)N1CCC[C@@H](C(=O)Nc2nc(C)cs2)C1. The minimum Gasteiger partial charge on any atom is -0.338 e. The maximum atomic E-state index is 12.3. The monoisotopic (exact) mass is 307 g/mol. The van der Waals surface area contributed by atoms with Crippen LogP contribution in [0.3, 0.4) is 0 Å². The van der Waals surface area contributed by atoms with Crippen molar-refractivity contribution in [2.24, 2.45) is 5.92 Å². The number of nitrogens with zero attached hydrogens (tertiary/aromatic N) is 2. The zero-order valence-corrected chi connectivity index (χ0v) is 13.5. The van der Waals surface area contributed by atoms with Crippen molar-refractivity contribution in [2.75, 3.05) is 18.4 Å². The van der Waals surface area contributed by atoms with Crippen molar-refractivity contribution in [1.29, 1.82) is 0 Å². The minimum absolute atomic E-state index is 0.00223. The van der Waals surface area contributed by atoms with Crippen molar-refractivity contribution in [3.63, 3.8) is 0 Å². The summed E-state index contributed by atoms with van der Waals surface area (Å²) >= 11 is 1.42. The fraction of sp³-hybridized carbons (Fsp3) is 0.533. The van der Waals surface area contributed by atoms with E-state index in [1.165, 1.54) is 11.3 Å². The highest BCUT2D eigenvalue weighted by atomic mass is 32.1. The van der Waals surface area contributed by atoms with E-state index in [-0.39, 0.29) is 17.7 Å². The van der Waals surface area contributed by atoms with Crippen molar-refractivity contribution in [1.82, 2.24) is 9.88 Å². The number of carbonyl (C=O) groups is 2. The molecule has 0 radical (unpaired) electrons. The summed E-state index contributed by atoms with van der Waals surface area (Å²) < 4.78 is 0. The Bertz CT molecular complexity index is 561. The van der Waals surface area contributed by atoms with Crippen molar-refractivity contribution < 1.29 is 9.59 Å². The Hall–Kier alpha value is -1.69. The fourth-order valence-electron chi connectivity index (χ4n) is 2.35. The van der Waals surface area contributed by atoms with Gasteiger partial charge in [-0.1, -0.05) is 5.57 Å². The molecule has 1 aliphatic rings. The molecule has 0 unspecified atom stereocenters. The predicted molar refractivity (Wildman–Crippen MR) is 84.2 cm³/mol. The highest BCUT2D eigenvalue weighted by Gasteiger charge is 2.28. The second kappa shape index (κ2) is 6.85. The van der Waals surface area contributed by atoms with Gasteiger partial charge in [0.2, 0.25) is 11.8 Å². The average Bonchev–Trinajstić information content (AvgIpc) is 2.83. The Morgan fingerprint density at radius 3 is 2.86 bits per heavy atom. The number of piperidine rings is 1. The smallest absolute Gasteiger partial charge is 0.246 e. The first kappa shape index (κ1) is 15.7. The quantitative estimate of drug-likeness (QED) is 0.873. The van der Waals surface area contributed by atoms with Gasteiger partial charge in [0.1, 0.15) is 0 Å². The molecule has 1 saturated heterocycles. The van der Waals surface area contributed by atoms with Crippen molar-refractivity contribution in [2.45, 2.75) is 33.6 Å². The van der Waals surface area contributed by atoms with E-state index in [0.717, 1.165) is 30.7 Å². The third kappa shape index (κ3) is 4.39. The zero-order chi connectivity index (χ0) is 15.4. The topological polar surface area (TPSA) is 62.3 Å². The number of anilines is 1. The van der Waals surface area contributed by atoms with Crippen LogP contribution in [-0.4, -0.2) is 34.8 Å². The van der Waals surface area contributed by atoms with Gasteiger partial charge in [-0.05, 0) is 33.6 Å². The Morgan fingerprint density at radius 1 is 1.48 bits per heavy atom. The Labute approximate surface area is 129 Å². The summed E-state index contributed by atoms with van der Waals surface area (Å²) in [4.78, 5) is 30.3. The summed E-state index contributed by atoms with van der Waals surface area (Å²) in [5, 5.41) is 5.38. The van der Waals surface area contributed by atoms with Crippen LogP contribution in [0.1, 0.15) is 32.4 Å². The van der Waals surface area contributed by atoms with Crippen LogP contribution in [0.15, 0.2) is 17.0 Å². The highest BCUT2D eigenvalue weighted by Crippen LogP contribution is 2.21. The van der Waals surface area contributed by atoms with Gasteiger partial charge in [-0.15, -0.1) is 11.3 Å². The van der Waals surface area contributed by atoms with Crippen LogP contribution >= 0.6 is 11.3 Å². The zero-order valence-electron chi connectivity index (χ0n) is 12.7. The molecule has 21 heavy (non-hydrogen) atoms. The molecule has 1 fully saturated rings. The number of aromatic nitrogens is 1. The van der Waals surface area contributed by atoms with Crippen molar-refractivity contribution >= 4 is 28.3 Å². The van der Waals surface area contributed by atoms with E-state index in [0.29, 0.717) is 11.7 Å². The molecule has 2 rings (SSSR count). The van der Waals surface area contributed by atoms with Crippen molar-refractivity contribution in [3.05, 3.63) is 22.7 Å². The Morgan fingerprint density at radius 2 is 2.24 bits per heavy atom. The molecule has 0 bridgehead atoms. The number of hydrogen-bond donors (Lipinski definition) is 1. The molecular formula is C15H21N3O2S. The van der Waals surface area contributed by atoms with Crippen LogP contribution in [0.5, 0.6) is 0 Å². The van der Waals surface area contributed by atoms with E-state index < -0.39 is 0 Å². The van der Waals surface area contributed by atoms with E-state index in [2.05, 4.69) is 10.3 Å². The molecule has 6 heteroatoms. The van der Waals surface area contributed by atoms with E-state index in [9.17, 15) is 9.59 Å². The lowest BCUT2D eigenvalue weighted by atomic mass is 9.97. The summed E-state index contributed by atoms with van der Waals surface area (Å²) in [5.41, 5.74) is 1.88. The van der Waals surface area contributed by atoms with Crippen LogP contribution in [0.4, 0.5) is 5.13 Å². The molecule has 1 aromatic rings. The molecule has 2 amide bonds. The maximum absolute atomic E-state index is 12.3. The first-order valence-corrected chi connectivity index (χ1v) is 8.00. The molecule has 1 aromatic heterocycles. The van der Waals surface area contributed by atoms with E-state index in [1.807, 2.05) is 26.2 Å². The number of carbonyl (C=O) groups excluding carboxylic acids is 2. The molecule has 1 atom stereocenters. The lowest BCUT2D eigenvalue weighted by Gasteiger charge is -2.31. The van der Waals surface area contributed by atoms with Gasteiger partial charge in [-0.25, -0.2) is 4.98 Å². The maximum Gasteiger partial charge on any atom is 0.246 e. The highest BCUT2D eigenvalue weighted by molar-refractivity contribution is 7.13. The normalized spacial score (nSPS) is 18.2. The van der Waals surface area contributed by atoms with Gasteiger partial charge in [0.05, 0.1) is 11.6 Å². The minimum atomic E-state index is -0.155. The summed E-state index contributed by atoms with van der Waals surface area (Å²) in [6, 6.07) is 0. The van der Waals surface area contributed by atoms with E-state index in [1.54, 1.807) is 11.0 Å². The Kier molecular flexibility index (Phi) is 5.12. The molecule has 0 aromatic carbocycles. The summed E-state index contributed by atoms with van der Waals surface area (Å²) in [6.45, 7) is 6.90. The molecule has 0 aliphatic carbocycles. The van der Waals surface area contributed by atoms with Gasteiger partial charge in [0, 0.05) is 24.5 Å². The van der Waals surface area contributed by atoms with E-state index >= 15 is 0 Å². The number of rotatable bonds is 3. The predicted octanol–water partition coefficient (Wildman–Crippen LogP) is 2.59. The molecular weight excluding hydrogens is 286 g/mol. The molecule has 2 heterocycles. The van der Waals surface area contributed by atoms with Crippen LogP contribution in [-0.2, 0) is 9.59 Å². The summed E-state index contributed by atoms with van der Waals surface area (Å²) in [6.07, 6.45) is 3.30. The van der Waals surface area contributed by atoms with Crippen LogP contribution in [0.25, 0.3) is 0 Å². The number of thiazole rings is 1. The molecule has 0 spiro atoms. The first-order valence-electron chi connectivity index (χ1n) is 7.12. The van der Waals surface area contributed by atoms with Crippen molar-refractivity contribution in [3.8, 4) is 0 Å². The lowest BCUT2D eigenvalue weighted by Crippen LogP contribution is -2.43. The molecule has 1 N–H and O–H groups in total. The van der Waals surface area contributed by atoms with Gasteiger partial charge in [-0.2, -0.15) is 0 Å². The average molecular weight is 307 g/mol. The molecule has 114 valence electrons. The third-order valence-corrected chi connectivity index (χ3v) is 4.24. The number of allylic oxidation sites excluding steroid dienone is 1. The number of hydrogen-bond acceptors (Lipinski definition) is 4. The van der Waals surface area contributed by atoms with E-state index in [4.69, 9.17) is 0 Å². The standard InChI is InChI=1S/C15H21N3O2S/c1-10(2)7-13(19)18-6-4-5-12(8-18)14(20)17-15-16-11(3)9-21-15/h7,9,12H,4-6,8H2,1-3H3,(H,16,17,20)/t12-/m1/s1. The van der Waals surface area contributed by atoms with Gasteiger partial charge < -0.3 is 10.2 Å². The van der Waals surface area contributed by atoms with Gasteiger partial charge in [0.15, 0.2) is 5.13 Å². The molecule has 1 aliphatic heterocycles. The number of likely N-dealkylation sites (tertiary alicyclic amines) is 1. The van der Waals surface area contributed by atoms with Crippen LogP contribution < -0.4 is 5.32 Å². The molecule has 0 saturated carbocycles. The van der Waals surface area contributed by atoms with Gasteiger partial charge in [0.25, 0.3) is 0 Å². The fourth-order valence-corrected chi connectivity index (χ4v) is 3.04. The molecule has 5 nitrogen and oxygen atoms in total. The van der Waals surface area contributed by atoms with Gasteiger partial charge >= 0.3 is 0 Å². The third-order valence-electron chi connectivity index (χ3n) is 3.37. The summed E-state index contributed by atoms with van der Waals surface area (Å²) in [5.74, 6) is -0.200. The second-order valence-electron chi connectivity index (χ2n) is 5.63. The lowest BCUT2D eigenvalue weighted by molar-refractivity contribution is -0.130. The number of amides is 2.